The third-order valence-corrected chi connectivity index (χ3v) is 2.24. The second-order valence-corrected chi connectivity index (χ2v) is 3.77. The van der Waals surface area contributed by atoms with Gasteiger partial charge in [-0.25, -0.2) is 4.98 Å². The molecule has 0 aliphatic carbocycles. The number of halogens is 1. The van der Waals surface area contributed by atoms with E-state index in [4.69, 9.17) is 27.8 Å². The quantitative estimate of drug-likeness (QED) is 0.820. The van der Waals surface area contributed by atoms with Crippen molar-refractivity contribution in [1.29, 1.82) is 0 Å². The molecule has 1 amide bonds. The molecule has 1 aromatic heterocycles. The number of primary amides is 1. The lowest BCUT2D eigenvalue weighted by molar-refractivity contribution is 0.100. The van der Waals surface area contributed by atoms with E-state index in [0.29, 0.717) is 11.3 Å². The average molecular weight is 265 g/mol. The van der Waals surface area contributed by atoms with E-state index >= 15 is 0 Å². The van der Waals surface area contributed by atoms with Crippen LogP contribution in [0.25, 0.3) is 0 Å². The molecule has 0 fully saturated rings. The minimum Gasteiger partial charge on any atom is -0.439 e. The van der Waals surface area contributed by atoms with Crippen LogP contribution in [-0.2, 0) is 0 Å². The first-order valence-corrected chi connectivity index (χ1v) is 5.30. The number of hydrogen-bond acceptors (Lipinski definition) is 5. The molecule has 0 aliphatic heterocycles. The van der Waals surface area contributed by atoms with Gasteiger partial charge in [-0.05, 0) is 24.3 Å². The highest BCUT2D eigenvalue weighted by atomic mass is 35.5. The summed E-state index contributed by atoms with van der Waals surface area (Å²) in [5.41, 5.74) is 10.9. The number of aromatic nitrogens is 2. The number of hydrogen-bond donors (Lipinski definition) is 2. The van der Waals surface area contributed by atoms with Crippen molar-refractivity contribution in [3.8, 4) is 11.6 Å². The van der Waals surface area contributed by atoms with Gasteiger partial charge in [0.1, 0.15) is 10.9 Å². The first-order chi connectivity index (χ1) is 8.54. The van der Waals surface area contributed by atoms with Gasteiger partial charge in [-0.15, -0.1) is 0 Å². The van der Waals surface area contributed by atoms with Crippen LogP contribution in [0.3, 0.4) is 0 Å². The molecule has 6 nitrogen and oxygen atoms in total. The molecule has 0 spiro atoms. The highest BCUT2D eigenvalue weighted by Gasteiger charge is 2.04. The zero-order valence-electron chi connectivity index (χ0n) is 9.13. The maximum atomic E-state index is 10.9. The van der Waals surface area contributed by atoms with Gasteiger partial charge in [0.15, 0.2) is 0 Å². The predicted molar refractivity (Wildman–Crippen MR) is 66.5 cm³/mol. The van der Waals surface area contributed by atoms with Crippen molar-refractivity contribution in [1.82, 2.24) is 9.97 Å². The number of benzene rings is 1. The Bertz CT molecular complexity index is 566. The monoisotopic (exact) mass is 264 g/mol. The van der Waals surface area contributed by atoms with Gasteiger partial charge in [-0.2, -0.15) is 4.98 Å². The van der Waals surface area contributed by atoms with Crippen LogP contribution in [0.5, 0.6) is 11.6 Å². The Kier molecular flexibility index (Phi) is 3.29. The zero-order chi connectivity index (χ0) is 13.1. The third kappa shape index (κ3) is 2.86. The molecule has 92 valence electrons. The van der Waals surface area contributed by atoms with Gasteiger partial charge in [0, 0.05) is 11.6 Å². The minimum atomic E-state index is -0.504. The van der Waals surface area contributed by atoms with Gasteiger partial charge in [0.25, 0.3) is 0 Å². The smallest absolute Gasteiger partial charge is 0.248 e. The summed E-state index contributed by atoms with van der Waals surface area (Å²) in [5.74, 6) is 0.218. The van der Waals surface area contributed by atoms with Crippen LogP contribution in [-0.4, -0.2) is 15.9 Å². The molecule has 2 aromatic rings. The molecule has 7 heteroatoms. The Labute approximate surface area is 108 Å². The van der Waals surface area contributed by atoms with Crippen LogP contribution in [0.1, 0.15) is 10.4 Å². The lowest BCUT2D eigenvalue weighted by Gasteiger charge is -2.05. The molecule has 1 aromatic carbocycles. The average Bonchev–Trinajstić information content (AvgIpc) is 2.28. The first-order valence-electron chi connectivity index (χ1n) is 4.92. The lowest BCUT2D eigenvalue weighted by atomic mass is 10.2. The van der Waals surface area contributed by atoms with Crippen LogP contribution in [0.4, 0.5) is 5.95 Å². The molecule has 18 heavy (non-hydrogen) atoms. The van der Waals surface area contributed by atoms with Crippen LogP contribution >= 0.6 is 11.6 Å². The van der Waals surface area contributed by atoms with Crippen LogP contribution in [0.15, 0.2) is 30.3 Å². The molecule has 0 saturated carbocycles. The minimum absolute atomic E-state index is 0.0197. The van der Waals surface area contributed by atoms with Gasteiger partial charge in [-0.1, -0.05) is 11.6 Å². The van der Waals surface area contributed by atoms with Gasteiger partial charge in [0.2, 0.25) is 17.7 Å². The molecule has 0 bridgehead atoms. The van der Waals surface area contributed by atoms with Crippen LogP contribution in [0, 0.1) is 0 Å². The molecular weight excluding hydrogens is 256 g/mol. The Balaban J connectivity index is 2.20. The summed E-state index contributed by atoms with van der Waals surface area (Å²) in [4.78, 5) is 18.4. The maximum absolute atomic E-state index is 10.9. The summed E-state index contributed by atoms with van der Waals surface area (Å²) >= 11 is 5.71. The molecule has 0 unspecified atom stereocenters. The summed E-state index contributed by atoms with van der Waals surface area (Å²) in [6.45, 7) is 0. The lowest BCUT2D eigenvalue weighted by Crippen LogP contribution is -2.10. The third-order valence-electron chi connectivity index (χ3n) is 2.05. The van der Waals surface area contributed by atoms with Gasteiger partial charge in [0.05, 0.1) is 0 Å². The molecule has 0 aliphatic rings. The van der Waals surface area contributed by atoms with E-state index in [1.54, 1.807) is 24.3 Å². The Morgan fingerprint density at radius 3 is 2.44 bits per heavy atom. The van der Waals surface area contributed by atoms with Crippen molar-refractivity contribution >= 4 is 23.5 Å². The van der Waals surface area contributed by atoms with E-state index in [9.17, 15) is 4.79 Å². The van der Waals surface area contributed by atoms with E-state index in [-0.39, 0.29) is 17.0 Å². The Morgan fingerprint density at radius 1 is 1.22 bits per heavy atom. The molecule has 4 N–H and O–H groups in total. The van der Waals surface area contributed by atoms with Gasteiger partial charge in [-0.3, -0.25) is 4.79 Å². The number of nitrogens with zero attached hydrogens (tertiary/aromatic N) is 2. The number of amides is 1. The standard InChI is InChI=1S/C11H9ClN4O2/c12-8-5-9(16-11(14)15-8)18-7-3-1-6(2-4-7)10(13)17/h1-5H,(H2,13,17)(H2,14,15,16). The normalized spacial score (nSPS) is 10.1. The van der Waals surface area contributed by atoms with Gasteiger partial charge < -0.3 is 16.2 Å². The summed E-state index contributed by atoms with van der Waals surface area (Å²) < 4.78 is 5.41. The fraction of sp³-hybridized carbons (Fsp3) is 0. The van der Waals surface area contributed by atoms with Gasteiger partial charge >= 0.3 is 0 Å². The number of carbonyl (C=O) groups is 1. The Hall–Kier alpha value is -2.34. The number of carbonyl (C=O) groups excluding carboxylic acids is 1. The molecule has 0 saturated heterocycles. The van der Waals surface area contributed by atoms with Crippen molar-refractivity contribution in [3.63, 3.8) is 0 Å². The summed E-state index contributed by atoms with van der Waals surface area (Å²) in [7, 11) is 0. The Morgan fingerprint density at radius 2 is 1.89 bits per heavy atom. The summed E-state index contributed by atoms with van der Waals surface area (Å²) in [5, 5.41) is 0.186. The first kappa shape index (κ1) is 12.1. The van der Waals surface area contributed by atoms with Crippen LogP contribution in [0.2, 0.25) is 5.15 Å². The predicted octanol–water partition coefficient (Wildman–Crippen LogP) is 1.60. The second-order valence-electron chi connectivity index (χ2n) is 3.38. The van der Waals surface area contributed by atoms with E-state index in [1.165, 1.54) is 6.07 Å². The van der Waals surface area contributed by atoms with Crippen molar-refractivity contribution < 1.29 is 9.53 Å². The highest BCUT2D eigenvalue weighted by Crippen LogP contribution is 2.22. The van der Waals surface area contributed by atoms with Crippen molar-refractivity contribution in [2.75, 3.05) is 5.73 Å². The molecule has 0 radical (unpaired) electrons. The second kappa shape index (κ2) is 4.89. The van der Waals surface area contributed by atoms with E-state index in [0.717, 1.165) is 0 Å². The number of nitrogens with two attached hydrogens (primary N) is 2. The molecule has 0 atom stereocenters. The van der Waals surface area contributed by atoms with Crippen molar-refractivity contribution in [2.45, 2.75) is 0 Å². The number of nitrogen functional groups attached to an aromatic ring is 1. The molecule has 1 heterocycles. The summed E-state index contributed by atoms with van der Waals surface area (Å²) in [6, 6.07) is 7.70. The maximum Gasteiger partial charge on any atom is 0.248 e. The number of ether oxygens (including phenoxy) is 1. The highest BCUT2D eigenvalue weighted by molar-refractivity contribution is 6.29. The molecular formula is C11H9ClN4O2. The fourth-order valence-electron chi connectivity index (χ4n) is 1.27. The fourth-order valence-corrected chi connectivity index (χ4v) is 1.45. The van der Waals surface area contributed by atoms with Crippen LogP contribution < -0.4 is 16.2 Å². The van der Waals surface area contributed by atoms with Crippen molar-refractivity contribution in [3.05, 3.63) is 41.0 Å². The molecule has 2 rings (SSSR count). The summed E-state index contributed by atoms with van der Waals surface area (Å²) in [6.07, 6.45) is 0. The van der Waals surface area contributed by atoms with E-state index in [2.05, 4.69) is 9.97 Å². The van der Waals surface area contributed by atoms with Crippen molar-refractivity contribution in [2.24, 2.45) is 5.73 Å². The number of rotatable bonds is 3. The van der Waals surface area contributed by atoms with E-state index < -0.39 is 5.91 Å². The topological polar surface area (TPSA) is 104 Å². The zero-order valence-corrected chi connectivity index (χ0v) is 9.89. The van der Waals surface area contributed by atoms with E-state index in [1.807, 2.05) is 0 Å². The SMILES string of the molecule is NC(=O)c1ccc(Oc2cc(Cl)nc(N)n2)cc1. The number of anilines is 1. The largest absolute Gasteiger partial charge is 0.439 e.